The third kappa shape index (κ3) is 3.30. The fraction of sp³-hybridized carbons (Fsp3) is 0.400. The van der Waals surface area contributed by atoms with Crippen LogP contribution in [0.5, 0.6) is 0 Å². The van der Waals surface area contributed by atoms with Crippen LogP contribution in [0.4, 0.5) is 0 Å². The zero-order chi connectivity index (χ0) is 15.0. The Labute approximate surface area is 143 Å². The fourth-order valence-corrected chi connectivity index (χ4v) is 3.00. The number of aliphatic hydroxyl groups excluding tert-OH is 1. The number of β-amino-alcohol motifs (C(OH)–C–C–N with tert-alkyl or cyclic N) is 1. The van der Waals surface area contributed by atoms with Gasteiger partial charge in [-0.05, 0) is 25.1 Å². The minimum absolute atomic E-state index is 0. The van der Waals surface area contributed by atoms with Crippen molar-refractivity contribution in [1.29, 1.82) is 0 Å². The normalized spacial score (nSPS) is 20.9. The maximum absolute atomic E-state index is 12.3. The molecule has 0 radical (unpaired) electrons. The summed E-state index contributed by atoms with van der Waals surface area (Å²) in [5.41, 5.74) is 1.53. The molecule has 1 saturated heterocycles. The van der Waals surface area contributed by atoms with Crippen molar-refractivity contribution in [3.63, 3.8) is 0 Å². The summed E-state index contributed by atoms with van der Waals surface area (Å²) in [7, 11) is 0. The molecule has 0 spiro atoms. The molecular weight excluding hydrogens is 372 g/mol. The highest BCUT2D eigenvalue weighted by Crippen LogP contribution is 2.28. The smallest absolute Gasteiger partial charge is 0.287 e. The lowest BCUT2D eigenvalue weighted by Gasteiger charge is -2.13. The summed E-state index contributed by atoms with van der Waals surface area (Å²) >= 11 is 3.42. The van der Waals surface area contributed by atoms with Gasteiger partial charge in [-0.15, -0.1) is 12.4 Å². The van der Waals surface area contributed by atoms with Crippen molar-refractivity contribution in [3.05, 3.63) is 34.0 Å². The lowest BCUT2D eigenvalue weighted by Crippen LogP contribution is -2.34. The highest BCUT2D eigenvalue weighted by atomic mass is 79.9. The minimum Gasteiger partial charge on any atom is -0.451 e. The number of aryl methyl sites for hydroxylation is 1. The molecule has 1 aliphatic heterocycles. The Morgan fingerprint density at radius 1 is 1.50 bits per heavy atom. The number of fused-ring (bicyclic) bond motifs is 1. The lowest BCUT2D eigenvalue weighted by atomic mass is 10.1. The van der Waals surface area contributed by atoms with Gasteiger partial charge in [0.1, 0.15) is 5.58 Å². The zero-order valence-corrected chi connectivity index (χ0v) is 14.5. The highest BCUT2D eigenvalue weighted by molar-refractivity contribution is 9.10. The van der Waals surface area contributed by atoms with Crippen molar-refractivity contribution in [3.8, 4) is 0 Å². The number of carbonyl (C=O) groups is 1. The molecule has 1 amide bonds. The summed E-state index contributed by atoms with van der Waals surface area (Å²) in [6.07, 6.45) is -0.405. The quantitative estimate of drug-likeness (QED) is 0.752. The molecular formula is C15H18BrClN2O3. The number of carbonyl (C=O) groups excluding carboxylic acids is 1. The van der Waals surface area contributed by atoms with Gasteiger partial charge in [0.2, 0.25) is 0 Å². The molecule has 2 heterocycles. The fourth-order valence-electron chi connectivity index (χ4n) is 2.64. The Morgan fingerprint density at radius 2 is 2.27 bits per heavy atom. The summed E-state index contributed by atoms with van der Waals surface area (Å²) in [4.78, 5) is 12.3. The van der Waals surface area contributed by atoms with Crippen molar-refractivity contribution in [2.45, 2.75) is 13.0 Å². The van der Waals surface area contributed by atoms with Gasteiger partial charge >= 0.3 is 0 Å². The van der Waals surface area contributed by atoms with Crippen LogP contribution >= 0.6 is 28.3 Å². The lowest BCUT2D eigenvalue weighted by molar-refractivity contribution is 0.0901. The van der Waals surface area contributed by atoms with E-state index in [1.807, 2.05) is 25.1 Å². The van der Waals surface area contributed by atoms with Crippen molar-refractivity contribution in [2.75, 3.05) is 19.6 Å². The van der Waals surface area contributed by atoms with Gasteiger partial charge in [0, 0.05) is 41.0 Å². The van der Waals surface area contributed by atoms with E-state index in [4.69, 9.17) is 4.42 Å². The first-order valence-electron chi connectivity index (χ1n) is 6.92. The summed E-state index contributed by atoms with van der Waals surface area (Å²) in [6, 6.07) is 5.66. The van der Waals surface area contributed by atoms with Gasteiger partial charge in [0.05, 0.1) is 6.10 Å². The van der Waals surface area contributed by atoms with Gasteiger partial charge < -0.3 is 20.2 Å². The predicted octanol–water partition coefficient (Wildman–Crippen LogP) is 2.24. The van der Waals surface area contributed by atoms with E-state index in [2.05, 4.69) is 26.6 Å². The van der Waals surface area contributed by atoms with E-state index >= 15 is 0 Å². The number of aliphatic hydroxyl groups is 1. The van der Waals surface area contributed by atoms with E-state index in [0.717, 1.165) is 15.4 Å². The maximum atomic E-state index is 12.3. The molecule has 2 aromatic rings. The third-order valence-electron chi connectivity index (χ3n) is 3.93. The number of amides is 1. The average Bonchev–Trinajstić information content (AvgIpc) is 3.01. The van der Waals surface area contributed by atoms with Gasteiger partial charge in [-0.25, -0.2) is 0 Å². The molecule has 2 unspecified atom stereocenters. The standard InChI is InChI=1S/C15H17BrN2O3.ClH/c1-8-11-4-10(16)2-3-13(11)21-14(8)15(20)18-6-9-5-17-7-12(9)19;/h2-4,9,12,17,19H,5-7H2,1H3,(H,18,20);1H. The largest absolute Gasteiger partial charge is 0.451 e. The number of hydrogen-bond acceptors (Lipinski definition) is 4. The summed E-state index contributed by atoms with van der Waals surface area (Å²) in [5, 5.41) is 16.6. The van der Waals surface area contributed by atoms with Crippen LogP contribution in [0.3, 0.4) is 0 Å². The number of rotatable bonds is 3. The van der Waals surface area contributed by atoms with Crippen LogP contribution in [0.15, 0.2) is 27.1 Å². The Kier molecular flexibility index (Phi) is 5.50. The van der Waals surface area contributed by atoms with E-state index in [0.29, 0.717) is 31.0 Å². The van der Waals surface area contributed by atoms with E-state index in [9.17, 15) is 9.90 Å². The second-order valence-electron chi connectivity index (χ2n) is 5.39. The van der Waals surface area contributed by atoms with Crippen molar-refractivity contribution in [1.82, 2.24) is 10.6 Å². The monoisotopic (exact) mass is 388 g/mol. The number of nitrogens with one attached hydrogen (secondary N) is 2. The average molecular weight is 390 g/mol. The SMILES string of the molecule is Cc1c(C(=O)NCC2CNCC2O)oc2ccc(Br)cc12.Cl. The second kappa shape index (κ2) is 7.00. The molecule has 7 heteroatoms. The Bertz CT molecular complexity index is 689. The summed E-state index contributed by atoms with van der Waals surface area (Å²) in [6.45, 7) is 3.61. The minimum atomic E-state index is -0.405. The van der Waals surface area contributed by atoms with Crippen LogP contribution in [-0.2, 0) is 0 Å². The highest BCUT2D eigenvalue weighted by Gasteiger charge is 2.26. The topological polar surface area (TPSA) is 74.5 Å². The maximum Gasteiger partial charge on any atom is 0.287 e. The van der Waals surface area contributed by atoms with E-state index in [1.54, 1.807) is 0 Å². The molecule has 2 atom stereocenters. The van der Waals surface area contributed by atoms with E-state index < -0.39 is 6.10 Å². The van der Waals surface area contributed by atoms with Crippen LogP contribution in [-0.4, -0.2) is 36.8 Å². The number of halogens is 2. The molecule has 120 valence electrons. The molecule has 5 nitrogen and oxygen atoms in total. The van der Waals surface area contributed by atoms with Crippen molar-refractivity contribution < 1.29 is 14.3 Å². The first-order chi connectivity index (χ1) is 10.1. The first-order valence-corrected chi connectivity index (χ1v) is 7.71. The summed E-state index contributed by atoms with van der Waals surface area (Å²) in [5.74, 6) is 0.148. The Balaban J connectivity index is 0.00000176. The molecule has 22 heavy (non-hydrogen) atoms. The first kappa shape index (κ1) is 17.3. The van der Waals surface area contributed by atoms with Crippen molar-refractivity contribution >= 4 is 45.2 Å². The predicted molar refractivity (Wildman–Crippen MR) is 90.6 cm³/mol. The Hall–Kier alpha value is -1.08. The molecule has 0 saturated carbocycles. The summed E-state index contributed by atoms with van der Waals surface area (Å²) < 4.78 is 6.60. The van der Waals surface area contributed by atoms with Gasteiger partial charge in [0.15, 0.2) is 5.76 Å². The Morgan fingerprint density at radius 3 is 2.95 bits per heavy atom. The van der Waals surface area contributed by atoms with E-state index in [1.165, 1.54) is 0 Å². The zero-order valence-electron chi connectivity index (χ0n) is 12.1. The van der Waals surface area contributed by atoms with Crippen LogP contribution in [0.25, 0.3) is 11.0 Å². The van der Waals surface area contributed by atoms with Crippen LogP contribution < -0.4 is 10.6 Å². The van der Waals surface area contributed by atoms with Crippen LogP contribution in [0.2, 0.25) is 0 Å². The molecule has 1 aromatic heterocycles. The van der Waals surface area contributed by atoms with Gasteiger partial charge in [-0.1, -0.05) is 15.9 Å². The molecule has 0 aliphatic carbocycles. The molecule has 3 rings (SSSR count). The second-order valence-corrected chi connectivity index (χ2v) is 6.31. The van der Waals surface area contributed by atoms with Gasteiger partial charge in [-0.2, -0.15) is 0 Å². The molecule has 1 aromatic carbocycles. The third-order valence-corrected chi connectivity index (χ3v) is 4.43. The number of furan rings is 1. The van der Waals surface area contributed by atoms with Crippen LogP contribution in [0.1, 0.15) is 16.1 Å². The number of benzene rings is 1. The molecule has 1 fully saturated rings. The van der Waals surface area contributed by atoms with Gasteiger partial charge in [0.25, 0.3) is 5.91 Å². The van der Waals surface area contributed by atoms with Crippen molar-refractivity contribution in [2.24, 2.45) is 5.92 Å². The molecule has 3 N–H and O–H groups in total. The number of hydrogen-bond donors (Lipinski definition) is 3. The molecule has 0 bridgehead atoms. The van der Waals surface area contributed by atoms with Gasteiger partial charge in [-0.3, -0.25) is 4.79 Å². The van der Waals surface area contributed by atoms with Crippen LogP contribution in [0, 0.1) is 12.8 Å². The van der Waals surface area contributed by atoms with E-state index in [-0.39, 0.29) is 24.2 Å². The molecule has 1 aliphatic rings.